The molecule has 2 rings (SSSR count). The van der Waals surface area contributed by atoms with Crippen molar-refractivity contribution in [2.45, 2.75) is 12.3 Å². The molecule has 0 spiro atoms. The van der Waals surface area contributed by atoms with Gasteiger partial charge in [0.1, 0.15) is 5.92 Å². The smallest absolute Gasteiger partial charge is 0.173 e. The first-order chi connectivity index (χ1) is 11.0. The number of hydrogen-bond acceptors (Lipinski definition) is 4. The third-order valence-corrected chi connectivity index (χ3v) is 5.24. The van der Waals surface area contributed by atoms with Crippen LogP contribution in [0.15, 0.2) is 30.3 Å². The predicted molar refractivity (Wildman–Crippen MR) is 92.2 cm³/mol. The molecule has 116 valence electrons. The molecule has 1 heterocycles. The van der Waals surface area contributed by atoms with Crippen molar-refractivity contribution in [1.82, 2.24) is 0 Å². The number of ketones is 1. The van der Waals surface area contributed by atoms with Crippen molar-refractivity contribution < 1.29 is 4.79 Å². The zero-order chi connectivity index (χ0) is 17.0. The Morgan fingerprint density at radius 3 is 2.17 bits per heavy atom. The minimum atomic E-state index is -1.04. The van der Waals surface area contributed by atoms with Gasteiger partial charge in [0.25, 0.3) is 0 Å². The monoisotopic (exact) mass is 382 g/mol. The average Bonchev–Trinajstić information content (AvgIpc) is 2.94. The van der Waals surface area contributed by atoms with E-state index in [4.69, 9.17) is 34.8 Å². The molecule has 1 aromatic heterocycles. The van der Waals surface area contributed by atoms with E-state index in [1.165, 1.54) is 0 Å². The Morgan fingerprint density at radius 2 is 1.70 bits per heavy atom. The van der Waals surface area contributed by atoms with Gasteiger partial charge in [-0.05, 0) is 29.8 Å². The Kier molecular flexibility index (Phi) is 6.04. The van der Waals surface area contributed by atoms with Crippen LogP contribution < -0.4 is 0 Å². The van der Waals surface area contributed by atoms with Crippen molar-refractivity contribution in [3.63, 3.8) is 0 Å². The molecule has 0 saturated carbocycles. The van der Waals surface area contributed by atoms with E-state index in [1.54, 1.807) is 30.3 Å². The molecule has 1 atom stereocenters. The van der Waals surface area contributed by atoms with E-state index >= 15 is 0 Å². The van der Waals surface area contributed by atoms with Crippen molar-refractivity contribution in [3.05, 3.63) is 55.2 Å². The SMILES string of the molecule is N#CC(C#N)[C@@H](CC(=O)c1ccc(Cl)s1)c1c(Cl)cccc1Cl. The molecule has 0 aliphatic rings. The number of nitrogens with zero attached hydrogens (tertiary/aromatic N) is 2. The van der Waals surface area contributed by atoms with Crippen LogP contribution in [0.3, 0.4) is 0 Å². The van der Waals surface area contributed by atoms with Gasteiger partial charge in [0, 0.05) is 22.4 Å². The van der Waals surface area contributed by atoms with E-state index in [1.807, 2.05) is 12.1 Å². The van der Waals surface area contributed by atoms with Crippen molar-refractivity contribution in [1.29, 1.82) is 10.5 Å². The molecule has 0 radical (unpaired) electrons. The highest BCUT2D eigenvalue weighted by Gasteiger charge is 2.30. The fraction of sp³-hybridized carbons (Fsp3) is 0.188. The summed E-state index contributed by atoms with van der Waals surface area (Å²) in [5.74, 6) is -1.95. The fourth-order valence-corrected chi connectivity index (χ4v) is 3.89. The van der Waals surface area contributed by atoms with Crippen molar-refractivity contribution in [2.24, 2.45) is 5.92 Å². The van der Waals surface area contributed by atoms with Crippen LogP contribution in [-0.4, -0.2) is 5.78 Å². The maximum Gasteiger partial charge on any atom is 0.173 e. The Hall–Kier alpha value is -1.56. The molecule has 3 nitrogen and oxygen atoms in total. The van der Waals surface area contributed by atoms with Crippen LogP contribution in [0.2, 0.25) is 14.4 Å². The summed E-state index contributed by atoms with van der Waals surface area (Å²) in [6.45, 7) is 0. The quantitative estimate of drug-likeness (QED) is 0.619. The molecule has 0 N–H and O–H groups in total. The molecule has 7 heteroatoms. The summed E-state index contributed by atoms with van der Waals surface area (Å²) < 4.78 is 0.498. The molecular formula is C16H9Cl3N2OS. The van der Waals surface area contributed by atoms with Crippen LogP contribution in [0, 0.1) is 28.6 Å². The molecule has 0 bridgehead atoms. The predicted octanol–water partition coefficient (Wildman–Crippen LogP) is 5.73. The van der Waals surface area contributed by atoms with Crippen molar-refractivity contribution in [3.8, 4) is 12.1 Å². The second-order valence-corrected chi connectivity index (χ2v) is 7.24. The third-order valence-electron chi connectivity index (χ3n) is 3.30. The van der Waals surface area contributed by atoms with E-state index in [0.29, 0.717) is 24.8 Å². The van der Waals surface area contributed by atoms with Crippen LogP contribution >= 0.6 is 46.1 Å². The van der Waals surface area contributed by atoms with E-state index < -0.39 is 11.8 Å². The largest absolute Gasteiger partial charge is 0.293 e. The highest BCUT2D eigenvalue weighted by molar-refractivity contribution is 7.18. The number of benzene rings is 1. The summed E-state index contributed by atoms with van der Waals surface area (Å²) in [7, 11) is 0. The van der Waals surface area contributed by atoms with Gasteiger partial charge in [-0.3, -0.25) is 4.79 Å². The Labute approximate surface area is 152 Å². The molecule has 0 fully saturated rings. The van der Waals surface area contributed by atoms with E-state index in [-0.39, 0.29) is 12.2 Å². The van der Waals surface area contributed by atoms with Gasteiger partial charge >= 0.3 is 0 Å². The summed E-state index contributed by atoms with van der Waals surface area (Å²) in [5, 5.41) is 19.1. The number of halogens is 3. The van der Waals surface area contributed by atoms with Gasteiger partial charge in [0.15, 0.2) is 5.78 Å². The summed E-state index contributed by atoms with van der Waals surface area (Å²) >= 11 is 19.4. The van der Waals surface area contributed by atoms with Crippen LogP contribution in [0.4, 0.5) is 0 Å². The van der Waals surface area contributed by atoms with Crippen LogP contribution in [0.25, 0.3) is 0 Å². The summed E-state index contributed by atoms with van der Waals surface area (Å²) in [5.41, 5.74) is 0.444. The van der Waals surface area contributed by atoms with Gasteiger partial charge in [-0.15, -0.1) is 11.3 Å². The molecule has 0 unspecified atom stereocenters. The normalized spacial score (nSPS) is 11.7. The molecule has 2 aromatic rings. The standard InChI is InChI=1S/C16H9Cl3N2OS/c17-11-2-1-3-12(18)16(11)10(9(7-20)8-21)6-13(22)14-4-5-15(19)23-14/h1-5,9-10H,6H2/t10-/m1/s1. The van der Waals surface area contributed by atoms with E-state index in [0.717, 1.165) is 11.3 Å². The highest BCUT2D eigenvalue weighted by Crippen LogP contribution is 2.39. The molecule has 1 aromatic carbocycles. The molecule has 0 aliphatic heterocycles. The molecule has 0 aliphatic carbocycles. The summed E-state index contributed by atoms with van der Waals surface area (Å²) in [4.78, 5) is 12.9. The van der Waals surface area contributed by atoms with Crippen molar-refractivity contribution in [2.75, 3.05) is 0 Å². The molecule has 23 heavy (non-hydrogen) atoms. The van der Waals surface area contributed by atoms with Gasteiger partial charge in [0.2, 0.25) is 0 Å². The Morgan fingerprint density at radius 1 is 1.09 bits per heavy atom. The average molecular weight is 384 g/mol. The minimum absolute atomic E-state index is 0.0495. The van der Waals surface area contributed by atoms with Gasteiger partial charge < -0.3 is 0 Å². The first-order valence-corrected chi connectivity index (χ1v) is 8.44. The number of Topliss-reactive ketones (excluding diaryl/α,β-unsaturated/α-hetero) is 1. The second-order valence-electron chi connectivity index (χ2n) is 4.71. The summed E-state index contributed by atoms with van der Waals surface area (Å²) in [6, 6.07) is 12.0. The van der Waals surface area contributed by atoms with Crippen molar-refractivity contribution >= 4 is 51.9 Å². The Bertz CT molecular complexity index is 785. The number of carbonyl (C=O) groups excluding carboxylic acids is 1. The molecular weight excluding hydrogens is 375 g/mol. The van der Waals surface area contributed by atoms with Gasteiger partial charge in [0.05, 0.1) is 21.4 Å². The lowest BCUT2D eigenvalue weighted by Gasteiger charge is -2.19. The first-order valence-electron chi connectivity index (χ1n) is 6.49. The van der Waals surface area contributed by atoms with Crippen LogP contribution in [-0.2, 0) is 0 Å². The molecule has 0 saturated heterocycles. The zero-order valence-corrected chi connectivity index (χ0v) is 14.7. The number of carbonyl (C=O) groups is 1. The number of thiophene rings is 1. The first kappa shape index (κ1) is 17.8. The maximum absolute atomic E-state index is 12.4. The second kappa shape index (κ2) is 7.81. The van der Waals surface area contributed by atoms with Crippen LogP contribution in [0.5, 0.6) is 0 Å². The molecule has 0 amide bonds. The topological polar surface area (TPSA) is 64.7 Å². The van der Waals surface area contributed by atoms with E-state index in [2.05, 4.69) is 0 Å². The lowest BCUT2D eigenvalue weighted by Crippen LogP contribution is -2.15. The van der Waals surface area contributed by atoms with Gasteiger partial charge in [-0.1, -0.05) is 40.9 Å². The van der Waals surface area contributed by atoms with Crippen LogP contribution in [0.1, 0.15) is 27.6 Å². The minimum Gasteiger partial charge on any atom is -0.293 e. The zero-order valence-electron chi connectivity index (χ0n) is 11.6. The van der Waals surface area contributed by atoms with Gasteiger partial charge in [-0.2, -0.15) is 10.5 Å². The summed E-state index contributed by atoms with van der Waals surface area (Å²) in [6.07, 6.45) is -0.0495. The maximum atomic E-state index is 12.4. The third kappa shape index (κ3) is 4.05. The van der Waals surface area contributed by atoms with E-state index in [9.17, 15) is 15.3 Å². The number of hydrogen-bond donors (Lipinski definition) is 0. The Balaban J connectivity index is 2.42. The number of rotatable bonds is 5. The van der Waals surface area contributed by atoms with Gasteiger partial charge in [-0.25, -0.2) is 0 Å². The highest BCUT2D eigenvalue weighted by atomic mass is 35.5. The lowest BCUT2D eigenvalue weighted by molar-refractivity contribution is 0.0975. The lowest BCUT2D eigenvalue weighted by atomic mass is 9.83. The number of nitriles is 2. The fourth-order valence-electron chi connectivity index (χ4n) is 2.22.